The van der Waals surface area contributed by atoms with Crippen molar-refractivity contribution < 1.29 is 29.0 Å². The number of rotatable bonds is 6. The fraction of sp³-hybridized carbons (Fsp3) is 0.243. The summed E-state index contributed by atoms with van der Waals surface area (Å²) in [6, 6.07) is 17.8. The number of methoxy groups -OCH3 is 1. The molecule has 4 aliphatic rings. The van der Waals surface area contributed by atoms with E-state index in [1.54, 1.807) is 36.4 Å². The zero-order valence-corrected chi connectivity index (χ0v) is 29.9. The van der Waals surface area contributed by atoms with Crippen LogP contribution in [-0.4, -0.2) is 49.7 Å². The number of azo groups is 1. The van der Waals surface area contributed by atoms with Crippen molar-refractivity contribution in [1.82, 2.24) is 0 Å². The summed E-state index contributed by atoms with van der Waals surface area (Å²) in [7, 11) is 5.35. The number of amides is 2. The third-order valence-corrected chi connectivity index (χ3v) is 10.9. The Balaban J connectivity index is 1.21. The Bertz CT molecular complexity index is 2070. The number of carbonyl (C=O) groups is 4. The van der Waals surface area contributed by atoms with Crippen LogP contribution in [0.5, 0.6) is 11.5 Å². The lowest BCUT2D eigenvalue weighted by Crippen LogP contribution is -2.39. The molecule has 1 fully saturated rings. The fourth-order valence-corrected chi connectivity index (χ4v) is 8.26. The normalized spacial score (nSPS) is 23.3. The molecule has 1 N–H and O–H groups in total. The summed E-state index contributed by atoms with van der Waals surface area (Å²) < 4.78 is 5.92. The molecule has 1 aliphatic heterocycles. The van der Waals surface area contributed by atoms with E-state index in [4.69, 9.17) is 4.74 Å². The number of ketones is 2. The standard InChI is InChI=1S/C37H30Br2N4O6/c1-42(2)21-8-4-19(5-9-21)40-41-20-6-10-22(11-7-20)43-36(47)24-13-12-23-25(32(24)37(43)48)16-26-33(29(44)17-28(39)34(26)45)31(23)18-14-27(38)35(46)30(15-18)49-3/h4-12,14-15,17,24-25,31-32,46H,13,16H2,1-3H3/t24-,25+,31-,32-/m0/s1. The highest BCUT2D eigenvalue weighted by atomic mass is 79.9. The zero-order chi connectivity index (χ0) is 34.7. The monoisotopic (exact) mass is 784 g/mol. The Morgan fingerprint density at radius 3 is 2.18 bits per heavy atom. The lowest BCUT2D eigenvalue weighted by Gasteiger charge is -2.42. The largest absolute Gasteiger partial charge is 0.503 e. The molecule has 0 aromatic heterocycles. The molecular formula is C37H30Br2N4O6. The number of carbonyl (C=O) groups excluding carboxylic acids is 4. The minimum Gasteiger partial charge on any atom is -0.503 e. The lowest BCUT2D eigenvalue weighted by atomic mass is 9.59. The van der Waals surface area contributed by atoms with Crippen molar-refractivity contribution in [3.8, 4) is 11.5 Å². The molecule has 4 atom stereocenters. The van der Waals surface area contributed by atoms with E-state index in [9.17, 15) is 24.3 Å². The van der Waals surface area contributed by atoms with E-state index in [0.717, 1.165) is 11.3 Å². The third kappa shape index (κ3) is 5.56. The number of imide groups is 1. The quantitative estimate of drug-likeness (QED) is 0.118. The molecule has 3 aromatic rings. The molecule has 3 aromatic carbocycles. The van der Waals surface area contributed by atoms with Crippen molar-refractivity contribution in [2.75, 3.05) is 31.0 Å². The van der Waals surface area contributed by atoms with Gasteiger partial charge in [-0.25, -0.2) is 0 Å². The van der Waals surface area contributed by atoms with Crippen molar-refractivity contribution >= 4 is 78.0 Å². The Labute approximate surface area is 299 Å². The number of anilines is 2. The van der Waals surface area contributed by atoms with Gasteiger partial charge in [-0.3, -0.25) is 24.1 Å². The highest BCUT2D eigenvalue weighted by molar-refractivity contribution is 9.12. The van der Waals surface area contributed by atoms with Gasteiger partial charge in [-0.1, -0.05) is 11.6 Å². The van der Waals surface area contributed by atoms with Crippen molar-refractivity contribution in [2.45, 2.75) is 18.8 Å². The van der Waals surface area contributed by atoms with Gasteiger partial charge in [0.05, 0.1) is 45.0 Å². The van der Waals surface area contributed by atoms with E-state index in [-0.39, 0.29) is 45.8 Å². The summed E-state index contributed by atoms with van der Waals surface area (Å²) in [5.41, 5.74) is 4.78. The number of hydrogen-bond acceptors (Lipinski definition) is 9. The number of halogens is 2. The fourth-order valence-electron chi connectivity index (χ4n) is 7.36. The first kappa shape index (κ1) is 32.8. The van der Waals surface area contributed by atoms with Gasteiger partial charge in [0, 0.05) is 42.9 Å². The Hall–Kier alpha value is -4.68. The van der Waals surface area contributed by atoms with Gasteiger partial charge in [0.25, 0.3) is 0 Å². The summed E-state index contributed by atoms with van der Waals surface area (Å²) in [4.78, 5) is 58.5. The summed E-state index contributed by atoms with van der Waals surface area (Å²) in [5, 5.41) is 19.1. The molecule has 49 heavy (non-hydrogen) atoms. The molecule has 0 spiro atoms. The number of fused-ring (bicyclic) bond motifs is 3. The molecule has 1 heterocycles. The number of nitrogens with zero attached hydrogens (tertiary/aromatic N) is 4. The van der Waals surface area contributed by atoms with Crippen LogP contribution in [0.1, 0.15) is 24.3 Å². The molecule has 10 nitrogen and oxygen atoms in total. The van der Waals surface area contributed by atoms with Gasteiger partial charge in [0.2, 0.25) is 11.8 Å². The van der Waals surface area contributed by atoms with Crippen molar-refractivity contribution in [1.29, 1.82) is 0 Å². The second kappa shape index (κ2) is 12.6. The van der Waals surface area contributed by atoms with E-state index in [1.807, 2.05) is 49.3 Å². The second-order valence-corrected chi connectivity index (χ2v) is 14.3. The van der Waals surface area contributed by atoms with Crippen molar-refractivity contribution in [2.24, 2.45) is 28.0 Å². The number of phenols is 1. The highest BCUT2D eigenvalue weighted by Gasteiger charge is 2.56. The van der Waals surface area contributed by atoms with Gasteiger partial charge < -0.3 is 14.7 Å². The predicted octanol–water partition coefficient (Wildman–Crippen LogP) is 7.61. The van der Waals surface area contributed by atoms with E-state index in [1.165, 1.54) is 18.1 Å². The van der Waals surface area contributed by atoms with Gasteiger partial charge in [0.15, 0.2) is 23.1 Å². The maximum atomic E-state index is 14.3. The summed E-state index contributed by atoms with van der Waals surface area (Å²) in [6.07, 6.45) is 3.67. The van der Waals surface area contributed by atoms with E-state index >= 15 is 0 Å². The number of Topliss-reactive ketones (excluding diaryl/α,β-unsaturated/α-hetero) is 1. The Kier molecular flexibility index (Phi) is 8.48. The second-order valence-electron chi connectivity index (χ2n) is 12.6. The van der Waals surface area contributed by atoms with E-state index in [2.05, 4.69) is 42.1 Å². The van der Waals surface area contributed by atoms with Crippen LogP contribution in [0.3, 0.4) is 0 Å². The van der Waals surface area contributed by atoms with Crippen LogP contribution >= 0.6 is 31.9 Å². The van der Waals surface area contributed by atoms with Gasteiger partial charge >= 0.3 is 0 Å². The SMILES string of the molecule is COc1cc([C@H]2C3=CC[C@@H]4C(=O)N(c5ccc(N=Nc6ccc(N(C)C)cc6)cc5)C(=O)[C@@H]4[C@@H]3CC3=C2C(=O)C=C(Br)C3=O)cc(Br)c1O. The number of phenolic OH excluding ortho intramolecular Hbond substituents is 1. The summed E-state index contributed by atoms with van der Waals surface area (Å²) in [5.74, 6) is -3.75. The Morgan fingerprint density at radius 1 is 0.898 bits per heavy atom. The zero-order valence-electron chi connectivity index (χ0n) is 26.7. The maximum Gasteiger partial charge on any atom is 0.238 e. The smallest absolute Gasteiger partial charge is 0.238 e. The van der Waals surface area contributed by atoms with E-state index in [0.29, 0.717) is 44.7 Å². The van der Waals surface area contributed by atoms with Crippen molar-refractivity contribution in [3.63, 3.8) is 0 Å². The first-order valence-electron chi connectivity index (χ1n) is 15.6. The average Bonchev–Trinajstić information content (AvgIpc) is 3.36. The topological polar surface area (TPSA) is 129 Å². The molecular weight excluding hydrogens is 756 g/mol. The van der Waals surface area contributed by atoms with Crippen LogP contribution in [0.15, 0.2) is 109 Å². The summed E-state index contributed by atoms with van der Waals surface area (Å²) in [6.45, 7) is 0. The van der Waals surface area contributed by atoms with Gasteiger partial charge in [0.1, 0.15) is 0 Å². The van der Waals surface area contributed by atoms with Crippen molar-refractivity contribution in [3.05, 3.63) is 104 Å². The first-order valence-corrected chi connectivity index (χ1v) is 17.2. The predicted molar refractivity (Wildman–Crippen MR) is 191 cm³/mol. The number of ether oxygens (including phenoxy) is 1. The van der Waals surface area contributed by atoms with Crippen LogP contribution in [0.2, 0.25) is 0 Å². The van der Waals surface area contributed by atoms with Gasteiger partial charge in [-0.2, -0.15) is 10.2 Å². The third-order valence-electron chi connectivity index (χ3n) is 9.69. The van der Waals surface area contributed by atoms with Gasteiger partial charge in [-0.15, -0.1) is 0 Å². The number of hydrogen-bond donors (Lipinski definition) is 1. The minimum atomic E-state index is -0.733. The molecule has 248 valence electrons. The van der Waals surface area contributed by atoms with Crippen LogP contribution in [0.4, 0.5) is 22.7 Å². The lowest BCUT2D eigenvalue weighted by molar-refractivity contribution is -0.123. The Morgan fingerprint density at radius 2 is 1.55 bits per heavy atom. The van der Waals surface area contributed by atoms with E-state index < -0.39 is 23.7 Å². The molecule has 0 bridgehead atoms. The number of allylic oxidation sites excluding steroid dienone is 6. The molecule has 0 unspecified atom stereocenters. The molecule has 0 radical (unpaired) electrons. The maximum absolute atomic E-state index is 14.3. The average molecular weight is 786 g/mol. The minimum absolute atomic E-state index is 0.0995. The number of aromatic hydroxyl groups is 1. The molecule has 2 amide bonds. The van der Waals surface area contributed by atoms with Crippen LogP contribution in [0.25, 0.3) is 0 Å². The molecule has 3 aliphatic carbocycles. The molecule has 1 saturated heterocycles. The van der Waals surface area contributed by atoms with Crippen LogP contribution < -0.4 is 14.5 Å². The number of benzene rings is 3. The van der Waals surface area contributed by atoms with Gasteiger partial charge in [-0.05, 0) is 117 Å². The van der Waals surface area contributed by atoms with Crippen LogP contribution in [-0.2, 0) is 19.2 Å². The highest BCUT2D eigenvalue weighted by Crippen LogP contribution is 2.56. The molecule has 12 heteroatoms. The molecule has 0 saturated carbocycles. The summed E-state index contributed by atoms with van der Waals surface area (Å²) >= 11 is 6.65. The molecule has 7 rings (SSSR count). The first-order chi connectivity index (χ1) is 23.5. The van der Waals surface area contributed by atoms with Crippen LogP contribution in [0, 0.1) is 17.8 Å².